The van der Waals surface area contributed by atoms with Gasteiger partial charge in [0, 0.05) is 32.0 Å². The molecule has 0 spiro atoms. The van der Waals surface area contributed by atoms with Gasteiger partial charge in [0.15, 0.2) is 0 Å². The number of rotatable bonds is 4. The number of benzene rings is 1. The minimum atomic E-state index is -0.186. The lowest BCUT2D eigenvalue weighted by molar-refractivity contribution is 0.529. The molecule has 0 radical (unpaired) electrons. The lowest BCUT2D eigenvalue weighted by Gasteiger charge is -2.15. The fourth-order valence-corrected chi connectivity index (χ4v) is 3.44. The van der Waals surface area contributed by atoms with Gasteiger partial charge in [-0.2, -0.15) is 0 Å². The van der Waals surface area contributed by atoms with E-state index < -0.39 is 0 Å². The van der Waals surface area contributed by atoms with Crippen molar-refractivity contribution in [2.75, 3.05) is 0 Å². The van der Waals surface area contributed by atoms with Crippen molar-refractivity contribution < 1.29 is 4.39 Å². The van der Waals surface area contributed by atoms with Crippen LogP contribution in [0.15, 0.2) is 38.6 Å². The maximum atomic E-state index is 13.8. The molecule has 96 valence electrons. The topological polar surface area (TPSA) is 12.0 Å². The average molecular weight is 393 g/mol. The number of halogens is 3. The molecule has 1 unspecified atom stereocenters. The maximum absolute atomic E-state index is 13.8. The molecule has 1 aromatic heterocycles. The molecule has 0 saturated carbocycles. The highest BCUT2D eigenvalue weighted by molar-refractivity contribution is 9.10. The molecule has 2 rings (SSSR count). The fraction of sp³-hybridized carbons (Fsp3) is 0.231. The summed E-state index contributed by atoms with van der Waals surface area (Å²) in [5, 5.41) is 5.36. The Bertz CT molecular complexity index is 542. The predicted octanol–water partition coefficient (Wildman–Crippen LogP) is 5.26. The van der Waals surface area contributed by atoms with Crippen molar-refractivity contribution in [2.24, 2.45) is 0 Å². The fourth-order valence-electron chi connectivity index (χ4n) is 1.66. The lowest BCUT2D eigenvalue weighted by atomic mass is 10.1. The largest absolute Gasteiger partial charge is 0.305 e. The van der Waals surface area contributed by atoms with Crippen LogP contribution in [0.2, 0.25) is 0 Å². The number of hydrogen-bond acceptors (Lipinski definition) is 2. The third kappa shape index (κ3) is 3.41. The molecule has 1 aromatic carbocycles. The summed E-state index contributed by atoms with van der Waals surface area (Å²) in [7, 11) is 0. The number of thiophene rings is 1. The van der Waals surface area contributed by atoms with Gasteiger partial charge in [-0.15, -0.1) is 11.3 Å². The van der Waals surface area contributed by atoms with Gasteiger partial charge >= 0.3 is 0 Å². The Balaban J connectivity index is 2.03. The molecular formula is C13H12Br2FNS. The summed E-state index contributed by atoms with van der Waals surface area (Å²) in [6.45, 7) is 2.70. The smallest absolute Gasteiger partial charge is 0.129 e. The van der Waals surface area contributed by atoms with Crippen molar-refractivity contribution in [2.45, 2.75) is 19.5 Å². The van der Waals surface area contributed by atoms with E-state index in [1.54, 1.807) is 17.4 Å². The zero-order valence-electron chi connectivity index (χ0n) is 9.71. The molecule has 1 N–H and O–H groups in total. The van der Waals surface area contributed by atoms with Gasteiger partial charge in [-0.3, -0.25) is 0 Å². The Labute approximate surface area is 127 Å². The Hall–Kier alpha value is -0.230. The third-order valence-electron chi connectivity index (χ3n) is 2.69. The highest BCUT2D eigenvalue weighted by Crippen LogP contribution is 2.25. The van der Waals surface area contributed by atoms with Crippen molar-refractivity contribution in [1.82, 2.24) is 5.32 Å². The van der Waals surface area contributed by atoms with Crippen LogP contribution >= 0.6 is 43.2 Å². The van der Waals surface area contributed by atoms with E-state index in [1.165, 1.54) is 10.9 Å². The van der Waals surface area contributed by atoms with Crippen LogP contribution in [0.3, 0.4) is 0 Å². The summed E-state index contributed by atoms with van der Waals surface area (Å²) >= 11 is 8.43. The molecule has 0 aliphatic carbocycles. The van der Waals surface area contributed by atoms with E-state index >= 15 is 0 Å². The first-order valence-corrected chi connectivity index (χ1v) is 7.94. The zero-order valence-corrected chi connectivity index (χ0v) is 13.7. The zero-order chi connectivity index (χ0) is 13.1. The minimum absolute atomic E-state index is 0.0212. The van der Waals surface area contributed by atoms with E-state index in [4.69, 9.17) is 0 Å². The standard InChI is InChI=1S/C13H12Br2FNS/c1-8(10-3-2-9(14)6-12(10)16)17-7-13-11(15)4-5-18-13/h2-6,8,17H,7H2,1H3. The van der Waals surface area contributed by atoms with Crippen molar-refractivity contribution in [3.8, 4) is 0 Å². The summed E-state index contributed by atoms with van der Waals surface area (Å²) in [6.07, 6.45) is 0. The molecule has 0 fully saturated rings. The van der Waals surface area contributed by atoms with Gasteiger partial charge in [-0.25, -0.2) is 4.39 Å². The molecule has 0 aliphatic rings. The monoisotopic (exact) mass is 391 g/mol. The highest BCUT2D eigenvalue weighted by atomic mass is 79.9. The quantitative estimate of drug-likeness (QED) is 0.747. The summed E-state index contributed by atoms with van der Waals surface area (Å²) < 4.78 is 15.6. The molecule has 0 saturated heterocycles. The summed E-state index contributed by atoms with van der Waals surface area (Å²) in [6, 6.07) is 7.16. The van der Waals surface area contributed by atoms with Crippen LogP contribution in [-0.2, 0) is 6.54 Å². The van der Waals surface area contributed by atoms with Crippen LogP contribution in [0, 0.1) is 5.82 Å². The van der Waals surface area contributed by atoms with Gasteiger partial charge in [0.2, 0.25) is 0 Å². The molecule has 18 heavy (non-hydrogen) atoms. The van der Waals surface area contributed by atoms with Crippen LogP contribution in [0.5, 0.6) is 0 Å². The van der Waals surface area contributed by atoms with Gasteiger partial charge < -0.3 is 5.32 Å². The summed E-state index contributed by atoms with van der Waals surface area (Å²) in [5.41, 5.74) is 0.686. The average Bonchev–Trinajstić information content (AvgIpc) is 2.72. The van der Waals surface area contributed by atoms with Crippen LogP contribution in [0.25, 0.3) is 0 Å². The highest BCUT2D eigenvalue weighted by Gasteiger charge is 2.11. The lowest BCUT2D eigenvalue weighted by Crippen LogP contribution is -2.18. The summed E-state index contributed by atoms with van der Waals surface area (Å²) in [5.74, 6) is -0.186. The molecule has 0 aliphatic heterocycles. The van der Waals surface area contributed by atoms with E-state index in [2.05, 4.69) is 37.2 Å². The van der Waals surface area contributed by atoms with Crippen molar-refractivity contribution in [3.05, 3.63) is 54.8 Å². The Kier molecular flexibility index (Phi) is 4.95. The van der Waals surface area contributed by atoms with Crippen molar-refractivity contribution >= 4 is 43.2 Å². The van der Waals surface area contributed by atoms with E-state index in [0.717, 1.165) is 15.5 Å². The van der Waals surface area contributed by atoms with Crippen LogP contribution in [0.1, 0.15) is 23.4 Å². The second-order valence-electron chi connectivity index (χ2n) is 3.96. The molecular weight excluding hydrogens is 381 g/mol. The SMILES string of the molecule is CC(NCc1sccc1Br)c1ccc(Br)cc1F. The van der Waals surface area contributed by atoms with Crippen LogP contribution in [-0.4, -0.2) is 0 Å². The van der Waals surface area contributed by atoms with Gasteiger partial charge in [-0.05, 0) is 46.4 Å². The van der Waals surface area contributed by atoms with Crippen molar-refractivity contribution in [3.63, 3.8) is 0 Å². The van der Waals surface area contributed by atoms with Crippen LogP contribution < -0.4 is 5.32 Å². The Morgan fingerprint density at radius 2 is 2.11 bits per heavy atom. The molecule has 0 amide bonds. The predicted molar refractivity (Wildman–Crippen MR) is 81.4 cm³/mol. The van der Waals surface area contributed by atoms with Crippen molar-refractivity contribution in [1.29, 1.82) is 0 Å². The second-order valence-corrected chi connectivity index (χ2v) is 6.73. The molecule has 1 atom stereocenters. The van der Waals surface area contributed by atoms with E-state index in [-0.39, 0.29) is 11.9 Å². The van der Waals surface area contributed by atoms with E-state index in [1.807, 2.05) is 24.4 Å². The molecule has 2 aromatic rings. The number of nitrogens with one attached hydrogen (secondary N) is 1. The molecule has 1 nitrogen and oxygen atoms in total. The molecule has 5 heteroatoms. The Morgan fingerprint density at radius 1 is 1.33 bits per heavy atom. The second kappa shape index (κ2) is 6.28. The van der Waals surface area contributed by atoms with E-state index in [0.29, 0.717) is 5.56 Å². The van der Waals surface area contributed by atoms with Gasteiger partial charge in [0.05, 0.1) is 0 Å². The molecule has 1 heterocycles. The Morgan fingerprint density at radius 3 is 2.72 bits per heavy atom. The molecule has 0 bridgehead atoms. The maximum Gasteiger partial charge on any atom is 0.129 e. The first-order chi connectivity index (χ1) is 8.58. The van der Waals surface area contributed by atoms with Gasteiger partial charge in [0.25, 0.3) is 0 Å². The first-order valence-electron chi connectivity index (χ1n) is 5.48. The first kappa shape index (κ1) is 14.2. The summed E-state index contributed by atoms with van der Waals surface area (Å²) in [4.78, 5) is 1.22. The normalized spacial score (nSPS) is 12.7. The van der Waals surface area contributed by atoms with Gasteiger partial charge in [0.1, 0.15) is 5.82 Å². The number of hydrogen-bond donors (Lipinski definition) is 1. The minimum Gasteiger partial charge on any atom is -0.305 e. The van der Waals surface area contributed by atoms with Crippen LogP contribution in [0.4, 0.5) is 4.39 Å². The third-order valence-corrected chi connectivity index (χ3v) is 5.11. The van der Waals surface area contributed by atoms with Gasteiger partial charge in [-0.1, -0.05) is 22.0 Å². The van der Waals surface area contributed by atoms with E-state index in [9.17, 15) is 4.39 Å².